The molecule has 3 aromatic rings. The Balaban J connectivity index is 1.89. The van der Waals surface area contributed by atoms with E-state index in [4.69, 9.17) is 14.2 Å². The number of esters is 1. The van der Waals surface area contributed by atoms with E-state index >= 15 is 0 Å². The fraction of sp³-hybridized carbons (Fsp3) is 0.207. The molecule has 1 saturated heterocycles. The Bertz CT molecular complexity index is 1390. The summed E-state index contributed by atoms with van der Waals surface area (Å²) in [5.74, 6) is -1.53. The molecule has 8 heteroatoms. The van der Waals surface area contributed by atoms with Gasteiger partial charge in [-0.3, -0.25) is 19.3 Å². The second-order valence-electron chi connectivity index (χ2n) is 8.51. The van der Waals surface area contributed by atoms with Crippen LogP contribution in [0.1, 0.15) is 28.3 Å². The summed E-state index contributed by atoms with van der Waals surface area (Å²) in [4.78, 5) is 39.9. The number of carbonyl (C=O) groups excluding carboxylic acids is 3. The van der Waals surface area contributed by atoms with Crippen molar-refractivity contribution in [2.45, 2.75) is 19.4 Å². The van der Waals surface area contributed by atoms with Gasteiger partial charge in [-0.05, 0) is 47.9 Å². The second-order valence-corrected chi connectivity index (χ2v) is 8.51. The van der Waals surface area contributed by atoms with Crippen molar-refractivity contribution in [2.75, 3.05) is 26.2 Å². The van der Waals surface area contributed by atoms with E-state index in [1.807, 2.05) is 31.2 Å². The summed E-state index contributed by atoms with van der Waals surface area (Å²) >= 11 is 0. The van der Waals surface area contributed by atoms with Crippen molar-refractivity contribution in [3.8, 4) is 11.5 Å². The molecule has 1 aliphatic heterocycles. The highest BCUT2D eigenvalue weighted by atomic mass is 16.5. The third-order valence-electron chi connectivity index (χ3n) is 6.38. The van der Waals surface area contributed by atoms with Gasteiger partial charge in [-0.1, -0.05) is 36.4 Å². The number of methoxy groups -OCH3 is 3. The van der Waals surface area contributed by atoms with Crippen molar-refractivity contribution in [3.63, 3.8) is 0 Å². The van der Waals surface area contributed by atoms with Crippen molar-refractivity contribution >= 4 is 29.1 Å². The number of amides is 1. The monoisotopic (exact) mass is 501 g/mol. The van der Waals surface area contributed by atoms with E-state index in [0.717, 1.165) is 5.56 Å². The van der Waals surface area contributed by atoms with Crippen molar-refractivity contribution in [1.29, 1.82) is 0 Å². The SMILES string of the molecule is COC(=O)Cc1ccc(N2C(=O)C(=O)/C(=C(/O)c3ccc(OC)cc3OC)C2c2ccccc2C)cc1. The summed E-state index contributed by atoms with van der Waals surface area (Å²) in [5.41, 5.74) is 2.88. The topological polar surface area (TPSA) is 102 Å². The smallest absolute Gasteiger partial charge is 0.309 e. The molecule has 8 nitrogen and oxygen atoms in total. The molecule has 1 unspecified atom stereocenters. The van der Waals surface area contributed by atoms with Crippen molar-refractivity contribution in [1.82, 2.24) is 0 Å². The summed E-state index contributed by atoms with van der Waals surface area (Å²) in [6, 6.07) is 18.0. The minimum Gasteiger partial charge on any atom is -0.507 e. The van der Waals surface area contributed by atoms with Crippen molar-refractivity contribution in [2.24, 2.45) is 0 Å². The zero-order chi connectivity index (χ0) is 26.7. The molecule has 3 aromatic carbocycles. The molecule has 1 fully saturated rings. The molecule has 1 atom stereocenters. The zero-order valence-electron chi connectivity index (χ0n) is 21.0. The summed E-state index contributed by atoms with van der Waals surface area (Å²) in [7, 11) is 4.27. The molecule has 0 bridgehead atoms. The van der Waals surface area contributed by atoms with Crippen LogP contribution in [0.15, 0.2) is 72.3 Å². The van der Waals surface area contributed by atoms with Crippen LogP contribution in [0, 0.1) is 6.92 Å². The molecule has 0 saturated carbocycles. The number of ether oxygens (including phenoxy) is 3. The van der Waals surface area contributed by atoms with E-state index in [2.05, 4.69) is 0 Å². The van der Waals surface area contributed by atoms with Crippen molar-refractivity contribution < 1.29 is 33.7 Å². The first-order valence-corrected chi connectivity index (χ1v) is 11.5. The number of aliphatic hydroxyl groups is 1. The van der Waals surface area contributed by atoms with E-state index < -0.39 is 17.7 Å². The van der Waals surface area contributed by atoms with E-state index in [9.17, 15) is 19.5 Å². The minimum atomic E-state index is -0.889. The van der Waals surface area contributed by atoms with Crippen LogP contribution in [-0.4, -0.2) is 44.1 Å². The molecular weight excluding hydrogens is 474 g/mol. The Hall–Kier alpha value is -4.59. The van der Waals surface area contributed by atoms with Crippen LogP contribution in [0.2, 0.25) is 0 Å². The third-order valence-corrected chi connectivity index (χ3v) is 6.38. The van der Waals surface area contributed by atoms with Crippen LogP contribution in [-0.2, 0) is 25.5 Å². The van der Waals surface area contributed by atoms with Gasteiger partial charge in [0, 0.05) is 11.8 Å². The number of anilines is 1. The molecule has 0 aliphatic carbocycles. The number of nitrogens with zero attached hydrogens (tertiary/aromatic N) is 1. The number of carbonyl (C=O) groups is 3. The molecule has 1 heterocycles. The average Bonchev–Trinajstić information content (AvgIpc) is 3.18. The number of Topliss-reactive ketones (excluding diaryl/α,β-unsaturated/α-hetero) is 1. The maximum absolute atomic E-state index is 13.4. The first kappa shape index (κ1) is 25.5. The first-order valence-electron chi connectivity index (χ1n) is 11.5. The Morgan fingerprint density at radius 1 is 0.946 bits per heavy atom. The van der Waals surface area contributed by atoms with Gasteiger partial charge in [-0.2, -0.15) is 0 Å². The molecule has 1 amide bonds. The largest absolute Gasteiger partial charge is 0.507 e. The molecule has 0 aromatic heterocycles. The maximum atomic E-state index is 13.4. The van der Waals surface area contributed by atoms with Crippen LogP contribution in [0.4, 0.5) is 5.69 Å². The number of aryl methyl sites for hydroxylation is 1. The highest BCUT2D eigenvalue weighted by Gasteiger charge is 2.47. The highest BCUT2D eigenvalue weighted by molar-refractivity contribution is 6.51. The number of rotatable bonds is 7. The van der Waals surface area contributed by atoms with Gasteiger partial charge in [-0.15, -0.1) is 0 Å². The van der Waals surface area contributed by atoms with Gasteiger partial charge < -0.3 is 19.3 Å². The maximum Gasteiger partial charge on any atom is 0.309 e. The lowest BCUT2D eigenvalue weighted by molar-refractivity contribution is -0.139. The van der Waals surface area contributed by atoms with Gasteiger partial charge in [0.05, 0.1) is 44.9 Å². The van der Waals surface area contributed by atoms with Crippen LogP contribution in [0.3, 0.4) is 0 Å². The van der Waals surface area contributed by atoms with Gasteiger partial charge in [-0.25, -0.2) is 0 Å². The molecule has 0 spiro atoms. The molecule has 1 aliphatic rings. The third kappa shape index (κ3) is 4.78. The van der Waals surface area contributed by atoms with Crippen LogP contribution >= 0.6 is 0 Å². The molecule has 4 rings (SSSR count). The van der Waals surface area contributed by atoms with Gasteiger partial charge in [0.2, 0.25) is 0 Å². The second kappa shape index (κ2) is 10.6. The Morgan fingerprint density at radius 3 is 2.27 bits per heavy atom. The average molecular weight is 502 g/mol. The number of ketones is 1. The van der Waals surface area contributed by atoms with Crippen LogP contribution in [0.5, 0.6) is 11.5 Å². The summed E-state index contributed by atoms with van der Waals surface area (Å²) in [6.45, 7) is 1.88. The predicted octanol–water partition coefficient (Wildman–Crippen LogP) is 4.35. The van der Waals surface area contributed by atoms with Gasteiger partial charge in [0.1, 0.15) is 17.3 Å². The molecule has 1 N–H and O–H groups in total. The standard InChI is InChI=1S/C29H27NO7/c1-17-7-5-6-8-21(17)26-25(27(32)22-14-13-20(35-2)16-23(22)36-3)28(33)29(34)30(26)19-11-9-18(10-12-19)15-24(31)37-4/h5-14,16,26,32H,15H2,1-4H3/b27-25+. The molecule has 190 valence electrons. The zero-order valence-corrected chi connectivity index (χ0v) is 21.0. The fourth-order valence-corrected chi connectivity index (χ4v) is 4.44. The molecular formula is C29H27NO7. The van der Waals surface area contributed by atoms with E-state index in [1.165, 1.54) is 26.2 Å². The van der Waals surface area contributed by atoms with E-state index in [1.54, 1.807) is 42.5 Å². The fourth-order valence-electron chi connectivity index (χ4n) is 4.44. The number of aliphatic hydroxyl groups excluding tert-OH is 1. The van der Waals surface area contributed by atoms with Crippen molar-refractivity contribution in [3.05, 3.63) is 94.6 Å². The van der Waals surface area contributed by atoms with E-state index in [0.29, 0.717) is 28.3 Å². The number of benzene rings is 3. The summed E-state index contributed by atoms with van der Waals surface area (Å²) in [5, 5.41) is 11.4. The van der Waals surface area contributed by atoms with Gasteiger partial charge >= 0.3 is 5.97 Å². The molecule has 37 heavy (non-hydrogen) atoms. The summed E-state index contributed by atoms with van der Waals surface area (Å²) < 4.78 is 15.4. The summed E-state index contributed by atoms with van der Waals surface area (Å²) in [6.07, 6.45) is 0.0775. The van der Waals surface area contributed by atoms with E-state index in [-0.39, 0.29) is 29.3 Å². The molecule has 0 radical (unpaired) electrons. The predicted molar refractivity (Wildman–Crippen MR) is 138 cm³/mol. The lowest BCUT2D eigenvalue weighted by Crippen LogP contribution is -2.29. The van der Waals surface area contributed by atoms with Crippen LogP contribution in [0.25, 0.3) is 5.76 Å². The van der Waals surface area contributed by atoms with Crippen LogP contribution < -0.4 is 14.4 Å². The van der Waals surface area contributed by atoms with Gasteiger partial charge in [0.15, 0.2) is 0 Å². The number of hydrogen-bond donors (Lipinski definition) is 1. The highest BCUT2D eigenvalue weighted by Crippen LogP contribution is 2.44. The Labute approximate surface area is 214 Å². The minimum absolute atomic E-state index is 0.0543. The quantitative estimate of drug-likeness (QED) is 0.222. The lowest BCUT2D eigenvalue weighted by atomic mass is 9.92. The normalized spacial score (nSPS) is 16.5. The number of hydrogen-bond acceptors (Lipinski definition) is 7. The first-order chi connectivity index (χ1) is 17.8. The Kier molecular flexibility index (Phi) is 7.29. The van der Waals surface area contributed by atoms with Gasteiger partial charge in [0.25, 0.3) is 11.7 Å². The lowest BCUT2D eigenvalue weighted by Gasteiger charge is -2.27. The Morgan fingerprint density at radius 2 is 1.65 bits per heavy atom.